The van der Waals surface area contributed by atoms with Crippen molar-refractivity contribution in [2.45, 2.75) is 64.7 Å². The lowest BCUT2D eigenvalue weighted by Crippen LogP contribution is -2.23. The number of carboxylic acid groups (broad SMARTS) is 1. The van der Waals surface area contributed by atoms with E-state index in [1.807, 2.05) is 6.08 Å². The van der Waals surface area contributed by atoms with E-state index in [4.69, 9.17) is 4.74 Å². The number of carbonyl (C=O) groups is 2. The lowest BCUT2D eigenvalue weighted by atomic mass is 9.75. The van der Waals surface area contributed by atoms with Gasteiger partial charge in [0.05, 0.1) is 12.7 Å². The Hall–Kier alpha value is -2.43. The quantitative estimate of drug-likeness (QED) is 0.554. The summed E-state index contributed by atoms with van der Waals surface area (Å²) in [6.45, 7) is 4.49. The average molecular weight is 427 g/mol. The molecule has 0 amide bonds. The van der Waals surface area contributed by atoms with Gasteiger partial charge in [-0.15, -0.1) is 0 Å². The Labute approximate surface area is 183 Å². The summed E-state index contributed by atoms with van der Waals surface area (Å²) >= 11 is 0. The highest BCUT2D eigenvalue weighted by Crippen LogP contribution is 2.51. The molecule has 4 rings (SSSR count). The Balaban J connectivity index is 1.77. The number of ether oxygens (including phenoxy) is 1. The summed E-state index contributed by atoms with van der Waals surface area (Å²) in [6.07, 6.45) is 10.8. The molecule has 0 radical (unpaired) electrons. The van der Waals surface area contributed by atoms with Crippen molar-refractivity contribution in [2.24, 2.45) is 17.8 Å². The number of methoxy groups -OCH3 is 1. The molecule has 2 saturated carbocycles. The van der Waals surface area contributed by atoms with E-state index in [1.54, 1.807) is 6.08 Å². The van der Waals surface area contributed by atoms with E-state index < -0.39 is 17.6 Å². The van der Waals surface area contributed by atoms with Crippen LogP contribution in [-0.4, -0.2) is 24.0 Å². The number of benzene rings is 1. The standard InChI is InChI=1S/C26H31FO4/c1-4-5-16-7-6-15(10-14(16)2)11-19-22(27)13-20-23(25(19)31-3)18(17-8-9-17)12-21(24(20)28)26(29)30/h11-14,16-18H,4-10H2,1-3H3,(H,29,30). The predicted octanol–water partition coefficient (Wildman–Crippen LogP) is 6.15. The fourth-order valence-corrected chi connectivity index (χ4v) is 5.48. The summed E-state index contributed by atoms with van der Waals surface area (Å²) < 4.78 is 21.0. The number of halogens is 1. The number of carbonyl (C=O) groups excluding carboxylic acids is 1. The maximum Gasteiger partial charge on any atom is 0.339 e. The third-order valence-corrected chi connectivity index (χ3v) is 7.27. The molecule has 0 aliphatic heterocycles. The number of rotatable bonds is 6. The average Bonchev–Trinajstić information content (AvgIpc) is 3.56. The minimum absolute atomic E-state index is 0.133. The zero-order valence-corrected chi connectivity index (χ0v) is 18.5. The molecular weight excluding hydrogens is 395 g/mol. The van der Waals surface area contributed by atoms with Crippen molar-refractivity contribution in [1.82, 2.24) is 0 Å². The molecule has 3 aliphatic carbocycles. The molecule has 1 N–H and O–H groups in total. The molecule has 0 saturated heterocycles. The molecule has 0 bridgehead atoms. The van der Waals surface area contributed by atoms with Crippen LogP contribution in [0, 0.1) is 23.6 Å². The number of Topliss-reactive ketones (excluding diaryl/α,β-unsaturated/α-hetero) is 1. The summed E-state index contributed by atoms with van der Waals surface area (Å²) in [6, 6.07) is 1.23. The molecule has 2 fully saturated rings. The molecule has 0 heterocycles. The topological polar surface area (TPSA) is 63.6 Å². The molecule has 0 aromatic heterocycles. The third kappa shape index (κ3) is 4.07. The minimum Gasteiger partial charge on any atom is -0.496 e. The second-order valence-electron chi connectivity index (χ2n) is 9.42. The number of hydrogen-bond acceptors (Lipinski definition) is 3. The molecule has 31 heavy (non-hydrogen) atoms. The largest absolute Gasteiger partial charge is 0.496 e. The molecule has 1 aromatic rings. The maximum atomic E-state index is 15.3. The Kier molecular flexibility index (Phi) is 6.05. The lowest BCUT2D eigenvalue weighted by molar-refractivity contribution is -0.132. The smallest absolute Gasteiger partial charge is 0.339 e. The molecule has 3 aliphatic rings. The van der Waals surface area contributed by atoms with Gasteiger partial charge in [-0.05, 0) is 62.0 Å². The maximum absolute atomic E-state index is 15.3. The first-order valence-corrected chi connectivity index (χ1v) is 11.4. The van der Waals surface area contributed by atoms with Crippen molar-refractivity contribution in [3.05, 3.63) is 45.8 Å². The third-order valence-electron chi connectivity index (χ3n) is 7.27. The van der Waals surface area contributed by atoms with Gasteiger partial charge in [-0.25, -0.2) is 9.18 Å². The first-order chi connectivity index (χ1) is 14.8. The zero-order chi connectivity index (χ0) is 22.3. The van der Waals surface area contributed by atoms with Crippen LogP contribution >= 0.6 is 0 Å². The minimum atomic E-state index is -1.26. The number of hydrogen-bond donors (Lipinski definition) is 1. The normalized spacial score (nSPS) is 27.1. The van der Waals surface area contributed by atoms with Gasteiger partial charge >= 0.3 is 5.97 Å². The Bertz CT molecular complexity index is 970. The van der Waals surface area contributed by atoms with E-state index in [-0.39, 0.29) is 23.0 Å². The van der Waals surface area contributed by atoms with Crippen molar-refractivity contribution in [3.63, 3.8) is 0 Å². The van der Waals surface area contributed by atoms with E-state index in [2.05, 4.69) is 13.8 Å². The van der Waals surface area contributed by atoms with Gasteiger partial charge in [-0.1, -0.05) is 38.3 Å². The highest BCUT2D eigenvalue weighted by Gasteiger charge is 2.41. The second kappa shape index (κ2) is 8.60. The highest BCUT2D eigenvalue weighted by molar-refractivity contribution is 6.25. The molecule has 3 unspecified atom stereocenters. The van der Waals surface area contributed by atoms with E-state index in [0.717, 1.165) is 32.1 Å². The first kappa shape index (κ1) is 21.8. The summed E-state index contributed by atoms with van der Waals surface area (Å²) in [5.41, 5.74) is 2.13. The predicted molar refractivity (Wildman–Crippen MR) is 118 cm³/mol. The van der Waals surface area contributed by atoms with Gasteiger partial charge in [0.1, 0.15) is 17.1 Å². The van der Waals surface area contributed by atoms with Crippen molar-refractivity contribution in [2.75, 3.05) is 7.11 Å². The number of fused-ring (bicyclic) bond motifs is 1. The van der Waals surface area contributed by atoms with Crippen LogP contribution < -0.4 is 4.74 Å². The van der Waals surface area contributed by atoms with Gasteiger partial charge in [0.15, 0.2) is 0 Å². The van der Waals surface area contributed by atoms with Crippen LogP contribution in [-0.2, 0) is 4.79 Å². The molecule has 3 atom stereocenters. The molecule has 4 nitrogen and oxygen atoms in total. The SMILES string of the molecule is CCCC1CCC(=Cc2c(F)cc3c(c2OC)C(C2CC2)C=C(C(=O)O)C3=O)CC1C. The summed E-state index contributed by atoms with van der Waals surface area (Å²) in [5.74, 6) is -0.717. The van der Waals surface area contributed by atoms with Gasteiger partial charge in [-0.2, -0.15) is 0 Å². The van der Waals surface area contributed by atoms with Gasteiger partial charge < -0.3 is 9.84 Å². The van der Waals surface area contributed by atoms with Crippen molar-refractivity contribution >= 4 is 17.8 Å². The monoisotopic (exact) mass is 426 g/mol. The molecule has 5 heteroatoms. The van der Waals surface area contributed by atoms with E-state index in [0.29, 0.717) is 28.7 Å². The number of ketones is 1. The first-order valence-electron chi connectivity index (χ1n) is 11.4. The fourth-order valence-electron chi connectivity index (χ4n) is 5.48. The Morgan fingerprint density at radius 1 is 1.32 bits per heavy atom. The molecular formula is C26H31FO4. The zero-order valence-electron chi connectivity index (χ0n) is 18.5. The number of carboxylic acids is 1. The van der Waals surface area contributed by atoms with E-state index in [9.17, 15) is 14.7 Å². The van der Waals surface area contributed by atoms with Crippen LogP contribution in [0.25, 0.3) is 6.08 Å². The van der Waals surface area contributed by atoms with Gasteiger partial charge in [0, 0.05) is 17.0 Å². The summed E-state index contributed by atoms with van der Waals surface area (Å²) in [5, 5.41) is 9.48. The van der Waals surface area contributed by atoms with Gasteiger partial charge in [0.25, 0.3) is 0 Å². The van der Waals surface area contributed by atoms with Crippen LogP contribution in [0.2, 0.25) is 0 Å². The summed E-state index contributed by atoms with van der Waals surface area (Å²) in [7, 11) is 1.50. The van der Waals surface area contributed by atoms with Crippen molar-refractivity contribution in [3.8, 4) is 5.75 Å². The lowest BCUT2D eigenvalue weighted by Gasteiger charge is -2.31. The van der Waals surface area contributed by atoms with Gasteiger partial charge in [0.2, 0.25) is 5.78 Å². The van der Waals surface area contributed by atoms with Crippen LogP contribution in [0.5, 0.6) is 5.75 Å². The Morgan fingerprint density at radius 3 is 2.65 bits per heavy atom. The van der Waals surface area contributed by atoms with E-state index in [1.165, 1.54) is 31.6 Å². The van der Waals surface area contributed by atoms with E-state index >= 15 is 4.39 Å². The summed E-state index contributed by atoms with van der Waals surface area (Å²) in [4.78, 5) is 24.4. The Morgan fingerprint density at radius 2 is 2.06 bits per heavy atom. The van der Waals surface area contributed by atoms with Gasteiger partial charge in [-0.3, -0.25) is 4.79 Å². The van der Waals surface area contributed by atoms with Crippen molar-refractivity contribution < 1.29 is 23.8 Å². The molecule has 1 aromatic carbocycles. The number of aliphatic carboxylic acids is 1. The number of allylic oxidation sites excluding steroid dienone is 2. The fraction of sp³-hybridized carbons (Fsp3) is 0.538. The van der Waals surface area contributed by atoms with Crippen LogP contribution in [0.15, 0.2) is 23.3 Å². The highest BCUT2D eigenvalue weighted by atomic mass is 19.1. The van der Waals surface area contributed by atoms with Crippen LogP contribution in [0.3, 0.4) is 0 Å². The second-order valence-corrected chi connectivity index (χ2v) is 9.42. The van der Waals surface area contributed by atoms with Crippen LogP contribution in [0.4, 0.5) is 4.39 Å². The molecule has 166 valence electrons. The van der Waals surface area contributed by atoms with Crippen molar-refractivity contribution in [1.29, 1.82) is 0 Å². The van der Waals surface area contributed by atoms with Crippen LogP contribution in [0.1, 0.15) is 86.2 Å². The molecule has 0 spiro atoms.